The number of carbonyl (C=O) groups is 1. The van der Waals surface area contributed by atoms with E-state index >= 15 is 0 Å². The number of carboxylic acids is 1. The molecule has 1 saturated carbocycles. The largest absolute Gasteiger partial charge is 0.494 e. The van der Waals surface area contributed by atoms with E-state index in [-0.39, 0.29) is 29.9 Å². The van der Waals surface area contributed by atoms with Gasteiger partial charge >= 0.3 is 12.1 Å². The minimum absolute atomic E-state index is 0. The summed E-state index contributed by atoms with van der Waals surface area (Å²) in [4.78, 5) is 14.3. The molecule has 1 aliphatic rings. The fourth-order valence-corrected chi connectivity index (χ4v) is 6.69. The number of hydrogen-bond acceptors (Lipinski definition) is 3. The third kappa shape index (κ3) is 8.44. The number of carboxylic acid groups (broad SMARTS) is 1. The van der Waals surface area contributed by atoms with E-state index < -0.39 is 23.1 Å². The maximum Gasteiger partial charge on any atom is 0.417 e. The Morgan fingerprint density at radius 1 is 0.891 bits per heavy atom. The predicted octanol–water partition coefficient (Wildman–Crippen LogP) is 9.78. The van der Waals surface area contributed by atoms with Crippen LogP contribution in [0.2, 0.25) is 5.02 Å². The van der Waals surface area contributed by atoms with Crippen LogP contribution in [0.1, 0.15) is 65.8 Å². The van der Waals surface area contributed by atoms with Crippen LogP contribution in [0.25, 0.3) is 0 Å². The van der Waals surface area contributed by atoms with Crippen LogP contribution in [0.4, 0.5) is 13.2 Å². The highest BCUT2D eigenvalue weighted by Crippen LogP contribution is 2.42. The summed E-state index contributed by atoms with van der Waals surface area (Å²) in [6.07, 6.45) is -0.951. The minimum Gasteiger partial charge on any atom is -0.494 e. The van der Waals surface area contributed by atoms with Crippen LogP contribution in [-0.2, 0) is 22.9 Å². The summed E-state index contributed by atoms with van der Waals surface area (Å²) in [5, 5.41) is 9.72. The van der Waals surface area contributed by atoms with E-state index in [0.29, 0.717) is 50.3 Å². The lowest BCUT2D eigenvalue weighted by Crippen LogP contribution is -2.32. The Kier molecular flexibility index (Phi) is 12.2. The molecule has 0 heterocycles. The van der Waals surface area contributed by atoms with Crippen molar-refractivity contribution in [1.82, 2.24) is 4.90 Å². The van der Waals surface area contributed by atoms with E-state index in [2.05, 4.69) is 29.2 Å². The SMILES string of the molecule is Cl.O=C(O)C1(c2cccc(OCCCN(Cc3cccc(C(F)(F)F)c3Cl)CC(c3ccccc3)c3ccccc3)c2)CCCC1. The van der Waals surface area contributed by atoms with Gasteiger partial charge in [0.25, 0.3) is 0 Å². The first-order chi connectivity index (χ1) is 21.7. The van der Waals surface area contributed by atoms with Gasteiger partial charge in [0.1, 0.15) is 5.75 Å². The molecule has 4 aromatic rings. The standard InChI is InChI=1S/C37H37ClF3NO3.ClH/c38-34-29(16-9-19-33(34)37(39,40)41)25-42(26-32(27-12-3-1-4-13-27)28-14-5-2-6-15-28)22-11-23-45-31-18-10-17-30(24-31)36(35(43)44)20-7-8-21-36;/h1-6,9-10,12-19,24,32H,7-8,11,20-23,25-26H2,(H,43,44);1H. The molecule has 0 aliphatic heterocycles. The molecule has 1 fully saturated rings. The lowest BCUT2D eigenvalue weighted by molar-refractivity contribution is -0.143. The van der Waals surface area contributed by atoms with E-state index in [4.69, 9.17) is 16.3 Å². The number of rotatable bonds is 13. The smallest absolute Gasteiger partial charge is 0.417 e. The first-order valence-electron chi connectivity index (χ1n) is 15.3. The van der Waals surface area contributed by atoms with Crippen LogP contribution in [0.3, 0.4) is 0 Å². The Labute approximate surface area is 279 Å². The van der Waals surface area contributed by atoms with Crippen LogP contribution in [0.15, 0.2) is 103 Å². The second-order valence-electron chi connectivity index (χ2n) is 11.7. The number of ether oxygens (including phenoxy) is 1. The van der Waals surface area contributed by atoms with Gasteiger partial charge in [-0.25, -0.2) is 0 Å². The van der Waals surface area contributed by atoms with Crippen molar-refractivity contribution in [2.45, 2.75) is 56.2 Å². The van der Waals surface area contributed by atoms with E-state index in [1.165, 1.54) is 6.07 Å². The average molecular weight is 673 g/mol. The molecule has 0 unspecified atom stereocenters. The first kappa shape index (κ1) is 35.3. The molecule has 0 spiro atoms. The summed E-state index contributed by atoms with van der Waals surface area (Å²) >= 11 is 6.34. The third-order valence-electron chi connectivity index (χ3n) is 8.76. The van der Waals surface area contributed by atoms with Crippen molar-refractivity contribution >= 4 is 30.0 Å². The van der Waals surface area contributed by atoms with Gasteiger partial charge in [0.2, 0.25) is 0 Å². The molecule has 0 saturated heterocycles. The van der Waals surface area contributed by atoms with E-state index in [1.54, 1.807) is 6.07 Å². The summed E-state index contributed by atoms with van der Waals surface area (Å²) in [5.41, 5.74) is 1.68. The molecule has 5 rings (SSSR count). The summed E-state index contributed by atoms with van der Waals surface area (Å²) in [6.45, 7) is 1.69. The van der Waals surface area contributed by atoms with E-state index in [1.807, 2.05) is 60.7 Å². The highest BCUT2D eigenvalue weighted by molar-refractivity contribution is 6.32. The predicted molar refractivity (Wildman–Crippen MR) is 178 cm³/mol. The molecule has 1 aliphatic carbocycles. The minimum atomic E-state index is -4.55. The van der Waals surface area contributed by atoms with Gasteiger partial charge in [-0.05, 0) is 59.7 Å². The highest BCUT2D eigenvalue weighted by atomic mass is 35.5. The molecule has 9 heteroatoms. The van der Waals surface area contributed by atoms with Crippen molar-refractivity contribution in [3.05, 3.63) is 136 Å². The fourth-order valence-electron chi connectivity index (χ4n) is 6.40. The topological polar surface area (TPSA) is 49.8 Å². The molecular formula is C37H38Cl2F3NO3. The Morgan fingerprint density at radius 3 is 2.09 bits per heavy atom. The number of alkyl halides is 3. The Balaban J connectivity index is 0.00000480. The van der Waals surface area contributed by atoms with Crippen molar-refractivity contribution < 1.29 is 27.8 Å². The van der Waals surface area contributed by atoms with Gasteiger partial charge < -0.3 is 9.84 Å². The van der Waals surface area contributed by atoms with Gasteiger partial charge in [-0.15, -0.1) is 12.4 Å². The molecule has 244 valence electrons. The van der Waals surface area contributed by atoms with Crippen LogP contribution in [0, 0.1) is 0 Å². The second kappa shape index (κ2) is 15.9. The quantitative estimate of drug-likeness (QED) is 0.144. The molecule has 1 N–H and O–H groups in total. The molecule has 0 atom stereocenters. The van der Waals surface area contributed by atoms with Crippen LogP contribution < -0.4 is 4.74 Å². The third-order valence-corrected chi connectivity index (χ3v) is 9.21. The van der Waals surface area contributed by atoms with Gasteiger partial charge in [0.05, 0.1) is 22.6 Å². The van der Waals surface area contributed by atoms with Gasteiger partial charge in [0.15, 0.2) is 0 Å². The second-order valence-corrected chi connectivity index (χ2v) is 12.1. The van der Waals surface area contributed by atoms with Crippen molar-refractivity contribution in [2.24, 2.45) is 0 Å². The molecule has 46 heavy (non-hydrogen) atoms. The number of aliphatic carboxylic acids is 1. The number of halogens is 5. The van der Waals surface area contributed by atoms with Gasteiger partial charge in [-0.2, -0.15) is 13.2 Å². The van der Waals surface area contributed by atoms with Crippen molar-refractivity contribution in [3.8, 4) is 5.75 Å². The monoisotopic (exact) mass is 671 g/mol. The van der Waals surface area contributed by atoms with Crippen molar-refractivity contribution in [3.63, 3.8) is 0 Å². The van der Waals surface area contributed by atoms with E-state index in [0.717, 1.165) is 35.6 Å². The lowest BCUT2D eigenvalue weighted by Gasteiger charge is -2.29. The summed E-state index contributed by atoms with van der Waals surface area (Å²) in [6, 6.07) is 31.6. The number of hydrogen-bond donors (Lipinski definition) is 1. The highest BCUT2D eigenvalue weighted by Gasteiger charge is 2.43. The molecule has 4 aromatic carbocycles. The Morgan fingerprint density at radius 2 is 1.50 bits per heavy atom. The van der Waals surface area contributed by atoms with Gasteiger partial charge in [-0.3, -0.25) is 9.69 Å². The Hall–Kier alpha value is -3.52. The zero-order chi connectivity index (χ0) is 31.9. The number of benzene rings is 4. The Bertz CT molecular complexity index is 1520. The molecule has 0 amide bonds. The van der Waals surface area contributed by atoms with Crippen molar-refractivity contribution in [1.29, 1.82) is 0 Å². The summed E-state index contributed by atoms with van der Waals surface area (Å²) in [7, 11) is 0. The zero-order valence-electron chi connectivity index (χ0n) is 25.4. The van der Waals surface area contributed by atoms with Crippen LogP contribution in [-0.4, -0.2) is 35.7 Å². The fraction of sp³-hybridized carbons (Fsp3) is 0.324. The van der Waals surface area contributed by atoms with Gasteiger partial charge in [0, 0.05) is 25.6 Å². The maximum absolute atomic E-state index is 13.7. The van der Waals surface area contributed by atoms with Crippen LogP contribution in [0.5, 0.6) is 5.75 Å². The molecule has 0 aromatic heterocycles. The molecule has 4 nitrogen and oxygen atoms in total. The molecule has 0 bridgehead atoms. The van der Waals surface area contributed by atoms with Crippen LogP contribution >= 0.6 is 24.0 Å². The van der Waals surface area contributed by atoms with Gasteiger partial charge in [-0.1, -0.05) is 109 Å². The number of nitrogens with zero attached hydrogens (tertiary/aromatic N) is 1. The lowest BCUT2D eigenvalue weighted by atomic mass is 9.79. The summed E-state index contributed by atoms with van der Waals surface area (Å²) in [5.74, 6) is -0.209. The molecular weight excluding hydrogens is 634 g/mol. The van der Waals surface area contributed by atoms with Crippen molar-refractivity contribution in [2.75, 3.05) is 19.7 Å². The zero-order valence-corrected chi connectivity index (χ0v) is 27.0. The summed E-state index contributed by atoms with van der Waals surface area (Å²) < 4.78 is 47.1. The van der Waals surface area contributed by atoms with E-state index in [9.17, 15) is 23.1 Å². The first-order valence-corrected chi connectivity index (χ1v) is 15.7. The maximum atomic E-state index is 13.7. The average Bonchev–Trinajstić information content (AvgIpc) is 3.55. The normalized spacial score (nSPS) is 14.3. The molecule has 0 radical (unpaired) electrons.